The maximum Gasteiger partial charge on any atom is 0.318 e. The van der Waals surface area contributed by atoms with Gasteiger partial charge in [0, 0.05) is 5.56 Å². The molecule has 1 heterocycles. The van der Waals surface area contributed by atoms with Crippen LogP contribution < -0.4 is 0 Å². The van der Waals surface area contributed by atoms with E-state index in [0.29, 0.717) is 5.71 Å². The Hall–Kier alpha value is -1.84. The summed E-state index contributed by atoms with van der Waals surface area (Å²) in [6.45, 7) is 0.261. The number of hydrogen-bond acceptors (Lipinski definition) is 4. The highest BCUT2D eigenvalue weighted by atomic mass is 16.6. The lowest BCUT2D eigenvalue weighted by molar-refractivity contribution is -0.143. The summed E-state index contributed by atoms with van der Waals surface area (Å²) < 4.78 is 4.69. The summed E-state index contributed by atoms with van der Waals surface area (Å²) in [5.41, 5.74) is 1.54. The Bertz CT molecular complexity index is 386. The van der Waals surface area contributed by atoms with Crippen LogP contribution in [-0.4, -0.2) is 25.4 Å². The molecular weight excluding hydrogens is 194 g/mol. The summed E-state index contributed by atoms with van der Waals surface area (Å²) in [6.07, 6.45) is 0. The minimum atomic E-state index is -0.405. The first-order valence-corrected chi connectivity index (χ1v) is 4.66. The van der Waals surface area contributed by atoms with Gasteiger partial charge in [0.25, 0.3) is 0 Å². The van der Waals surface area contributed by atoms with Crippen LogP contribution in [0.5, 0.6) is 0 Å². The highest BCUT2D eigenvalue weighted by Gasteiger charge is 2.32. The van der Waals surface area contributed by atoms with Gasteiger partial charge in [0.1, 0.15) is 18.2 Å². The van der Waals surface area contributed by atoms with Crippen molar-refractivity contribution in [1.29, 1.82) is 0 Å². The second kappa shape index (κ2) is 4.13. The van der Waals surface area contributed by atoms with Crippen LogP contribution in [0, 0.1) is 5.92 Å². The molecule has 0 radical (unpaired) electrons. The molecule has 2 rings (SSSR count). The fourth-order valence-electron chi connectivity index (χ4n) is 1.51. The zero-order valence-corrected chi connectivity index (χ0v) is 8.34. The molecule has 4 nitrogen and oxygen atoms in total. The summed E-state index contributed by atoms with van der Waals surface area (Å²) in [5, 5.41) is 3.87. The molecule has 15 heavy (non-hydrogen) atoms. The molecule has 78 valence electrons. The molecule has 0 N–H and O–H groups in total. The number of oxime groups is 1. The number of hydrogen-bond donors (Lipinski definition) is 0. The van der Waals surface area contributed by atoms with Gasteiger partial charge in [0.05, 0.1) is 7.11 Å². The van der Waals surface area contributed by atoms with Crippen LogP contribution in [0.25, 0.3) is 0 Å². The molecule has 1 aliphatic rings. The van der Waals surface area contributed by atoms with Crippen LogP contribution in [0.4, 0.5) is 0 Å². The quantitative estimate of drug-likeness (QED) is 0.682. The van der Waals surface area contributed by atoms with Crippen LogP contribution in [0.1, 0.15) is 5.56 Å². The van der Waals surface area contributed by atoms with E-state index in [4.69, 9.17) is 4.84 Å². The van der Waals surface area contributed by atoms with Gasteiger partial charge in [-0.25, -0.2) is 0 Å². The number of benzene rings is 1. The number of ether oxygens (including phenoxy) is 1. The van der Waals surface area contributed by atoms with Gasteiger partial charge < -0.3 is 9.57 Å². The molecule has 0 aliphatic carbocycles. The Morgan fingerprint density at radius 3 is 2.87 bits per heavy atom. The fraction of sp³-hybridized carbons (Fsp3) is 0.273. The molecule has 0 saturated carbocycles. The Kier molecular flexibility index (Phi) is 2.67. The van der Waals surface area contributed by atoms with Gasteiger partial charge in [0.2, 0.25) is 0 Å². The van der Waals surface area contributed by atoms with E-state index < -0.39 is 5.92 Å². The molecular formula is C11H11NO3. The third-order valence-corrected chi connectivity index (χ3v) is 2.29. The van der Waals surface area contributed by atoms with Crippen molar-refractivity contribution >= 4 is 11.7 Å². The van der Waals surface area contributed by atoms with E-state index >= 15 is 0 Å². The van der Waals surface area contributed by atoms with Gasteiger partial charge in [-0.05, 0) is 0 Å². The van der Waals surface area contributed by atoms with Gasteiger partial charge in [-0.2, -0.15) is 0 Å². The predicted octanol–water partition coefficient (Wildman–Crippen LogP) is 1.21. The van der Waals surface area contributed by atoms with Gasteiger partial charge in [-0.3, -0.25) is 4.79 Å². The van der Waals surface area contributed by atoms with E-state index in [2.05, 4.69) is 9.89 Å². The van der Waals surface area contributed by atoms with Crippen molar-refractivity contribution in [3.8, 4) is 0 Å². The summed E-state index contributed by atoms with van der Waals surface area (Å²) in [7, 11) is 1.36. The van der Waals surface area contributed by atoms with E-state index in [1.165, 1.54) is 7.11 Å². The second-order valence-corrected chi connectivity index (χ2v) is 3.21. The summed E-state index contributed by atoms with van der Waals surface area (Å²) in [5.74, 6) is -0.715. The normalized spacial score (nSPS) is 19.3. The fourth-order valence-corrected chi connectivity index (χ4v) is 1.51. The van der Waals surface area contributed by atoms with Crippen LogP contribution in [0.15, 0.2) is 35.5 Å². The van der Waals surface area contributed by atoms with Gasteiger partial charge in [-0.15, -0.1) is 0 Å². The van der Waals surface area contributed by atoms with E-state index in [1.807, 2.05) is 30.3 Å². The summed E-state index contributed by atoms with van der Waals surface area (Å²) in [4.78, 5) is 16.3. The van der Waals surface area contributed by atoms with E-state index in [9.17, 15) is 4.79 Å². The molecule has 1 aliphatic heterocycles. The van der Waals surface area contributed by atoms with E-state index in [0.717, 1.165) is 5.56 Å². The third kappa shape index (κ3) is 1.83. The number of nitrogens with zero attached hydrogens (tertiary/aromatic N) is 1. The molecule has 1 atom stereocenters. The van der Waals surface area contributed by atoms with Crippen molar-refractivity contribution in [1.82, 2.24) is 0 Å². The topological polar surface area (TPSA) is 47.9 Å². The average molecular weight is 205 g/mol. The van der Waals surface area contributed by atoms with Crippen molar-refractivity contribution in [3.05, 3.63) is 35.9 Å². The van der Waals surface area contributed by atoms with Gasteiger partial charge in [-0.1, -0.05) is 35.5 Å². The minimum Gasteiger partial charge on any atom is -0.468 e. The number of carbonyl (C=O) groups excluding carboxylic acids is 1. The summed E-state index contributed by atoms with van der Waals surface area (Å²) in [6, 6.07) is 9.48. The molecule has 1 aromatic carbocycles. The van der Waals surface area contributed by atoms with Crippen molar-refractivity contribution in [3.63, 3.8) is 0 Å². The Balaban J connectivity index is 2.26. The third-order valence-electron chi connectivity index (χ3n) is 2.29. The first kappa shape index (κ1) is 9.71. The summed E-state index contributed by atoms with van der Waals surface area (Å²) >= 11 is 0. The van der Waals surface area contributed by atoms with Crippen LogP contribution >= 0.6 is 0 Å². The highest BCUT2D eigenvalue weighted by Crippen LogP contribution is 2.18. The van der Waals surface area contributed by atoms with Crippen molar-refractivity contribution in [2.24, 2.45) is 11.1 Å². The first-order valence-electron chi connectivity index (χ1n) is 4.66. The second-order valence-electron chi connectivity index (χ2n) is 3.21. The predicted molar refractivity (Wildman–Crippen MR) is 54.4 cm³/mol. The molecule has 0 spiro atoms. The minimum absolute atomic E-state index is 0.261. The van der Waals surface area contributed by atoms with Gasteiger partial charge in [0.15, 0.2) is 0 Å². The molecule has 0 amide bonds. The molecule has 1 aromatic rings. The van der Waals surface area contributed by atoms with Gasteiger partial charge >= 0.3 is 5.97 Å². The number of rotatable bonds is 2. The zero-order chi connectivity index (χ0) is 10.7. The SMILES string of the molecule is COC(=O)[C@@H]1CON=C1c1ccccc1. The highest BCUT2D eigenvalue weighted by molar-refractivity contribution is 6.12. The monoisotopic (exact) mass is 205 g/mol. The molecule has 4 heteroatoms. The Labute approximate surface area is 87.5 Å². The lowest BCUT2D eigenvalue weighted by atomic mass is 9.98. The molecule has 0 bridgehead atoms. The van der Waals surface area contributed by atoms with Crippen LogP contribution in [-0.2, 0) is 14.4 Å². The maximum absolute atomic E-state index is 11.4. The van der Waals surface area contributed by atoms with Crippen molar-refractivity contribution in [2.75, 3.05) is 13.7 Å². The van der Waals surface area contributed by atoms with Crippen LogP contribution in [0.3, 0.4) is 0 Å². The smallest absolute Gasteiger partial charge is 0.318 e. The average Bonchev–Trinajstić information content (AvgIpc) is 2.78. The lowest BCUT2D eigenvalue weighted by Crippen LogP contribution is -2.25. The van der Waals surface area contributed by atoms with Crippen LogP contribution in [0.2, 0.25) is 0 Å². The van der Waals surface area contributed by atoms with Crippen molar-refractivity contribution < 1.29 is 14.4 Å². The van der Waals surface area contributed by atoms with E-state index in [-0.39, 0.29) is 12.6 Å². The Morgan fingerprint density at radius 1 is 1.47 bits per heavy atom. The maximum atomic E-state index is 11.4. The number of methoxy groups -OCH3 is 1. The largest absolute Gasteiger partial charge is 0.468 e. The lowest BCUT2D eigenvalue weighted by Gasteiger charge is -2.07. The van der Waals surface area contributed by atoms with Crippen molar-refractivity contribution in [2.45, 2.75) is 0 Å². The Morgan fingerprint density at radius 2 is 2.20 bits per heavy atom. The molecule has 0 unspecified atom stereocenters. The molecule has 0 aromatic heterocycles. The first-order chi connectivity index (χ1) is 7.33. The molecule has 0 saturated heterocycles. The van der Waals surface area contributed by atoms with E-state index in [1.54, 1.807) is 0 Å². The number of carbonyl (C=O) groups is 1. The zero-order valence-electron chi connectivity index (χ0n) is 8.34. The number of esters is 1. The standard InChI is InChI=1S/C11H11NO3/c1-14-11(13)9-7-15-12-10(9)8-5-3-2-4-6-8/h2-6,9H,7H2,1H3/t9-/m1/s1. The molecule has 0 fully saturated rings.